The van der Waals surface area contributed by atoms with E-state index in [1.165, 1.54) is 7.11 Å². The Morgan fingerprint density at radius 2 is 1.76 bits per heavy atom. The van der Waals surface area contributed by atoms with Crippen molar-refractivity contribution in [1.29, 1.82) is 0 Å². The van der Waals surface area contributed by atoms with E-state index in [0.29, 0.717) is 65.9 Å². The highest BCUT2D eigenvalue weighted by molar-refractivity contribution is 6.42. The third-order valence-corrected chi connectivity index (χ3v) is 7.69. The standard InChI is InChI=1S/C27H32Cl2N4O5/c1-31(2)14-11-30-24(34)23-17-38-27(33(23)26(36)18-5-4-6-20(15-18)37-3)9-12-32(13-10-27)25(35)19-7-8-21(28)22(29)16-19/h4-8,15-16,23H,9-14,17H2,1-3H3,(H,30,34). The number of nitrogens with zero attached hydrogens (tertiary/aromatic N) is 3. The zero-order valence-corrected chi connectivity index (χ0v) is 23.2. The van der Waals surface area contributed by atoms with E-state index in [9.17, 15) is 14.4 Å². The minimum Gasteiger partial charge on any atom is -0.497 e. The molecule has 3 amide bonds. The third-order valence-electron chi connectivity index (χ3n) is 6.96. The highest BCUT2D eigenvalue weighted by atomic mass is 35.5. The summed E-state index contributed by atoms with van der Waals surface area (Å²) >= 11 is 12.1. The van der Waals surface area contributed by atoms with Gasteiger partial charge in [0, 0.05) is 50.1 Å². The number of methoxy groups -OCH3 is 1. The Morgan fingerprint density at radius 3 is 2.42 bits per heavy atom. The van der Waals surface area contributed by atoms with E-state index in [-0.39, 0.29) is 24.3 Å². The SMILES string of the molecule is COc1cccc(C(=O)N2C(C(=O)NCCN(C)C)COC23CCN(C(=O)c2ccc(Cl)c(Cl)c2)CC3)c1. The molecule has 9 nitrogen and oxygen atoms in total. The van der Waals surface area contributed by atoms with Gasteiger partial charge in [-0.3, -0.25) is 19.3 Å². The second-order valence-electron chi connectivity index (χ2n) is 9.70. The second kappa shape index (κ2) is 11.9. The Hall–Kier alpha value is -2.85. The smallest absolute Gasteiger partial charge is 0.257 e. The highest BCUT2D eigenvalue weighted by Gasteiger charge is 2.54. The molecular formula is C27H32Cl2N4O5. The molecule has 11 heteroatoms. The average Bonchev–Trinajstić information content (AvgIpc) is 3.28. The maximum atomic E-state index is 13.9. The zero-order valence-electron chi connectivity index (χ0n) is 21.7. The number of carbonyl (C=O) groups is 3. The summed E-state index contributed by atoms with van der Waals surface area (Å²) in [7, 11) is 5.38. The first kappa shape index (κ1) is 28.2. The van der Waals surface area contributed by atoms with Crippen molar-refractivity contribution >= 4 is 40.9 Å². The molecule has 4 rings (SSSR count). The van der Waals surface area contributed by atoms with Crippen LogP contribution in [0.3, 0.4) is 0 Å². The lowest BCUT2D eigenvalue weighted by Crippen LogP contribution is -2.60. The van der Waals surface area contributed by atoms with Gasteiger partial charge in [-0.1, -0.05) is 29.3 Å². The predicted molar refractivity (Wildman–Crippen MR) is 145 cm³/mol. The van der Waals surface area contributed by atoms with Gasteiger partial charge in [0.05, 0.1) is 23.8 Å². The summed E-state index contributed by atoms with van der Waals surface area (Å²) in [6.45, 7) is 1.87. The number of nitrogens with one attached hydrogen (secondary N) is 1. The molecule has 1 atom stereocenters. The van der Waals surface area contributed by atoms with Crippen molar-refractivity contribution in [3.63, 3.8) is 0 Å². The number of likely N-dealkylation sites (tertiary alicyclic amines) is 1. The average molecular weight is 563 g/mol. The molecule has 0 radical (unpaired) electrons. The third kappa shape index (κ3) is 5.91. The molecule has 2 aliphatic heterocycles. The monoisotopic (exact) mass is 562 g/mol. The molecular weight excluding hydrogens is 531 g/mol. The lowest BCUT2D eigenvalue weighted by molar-refractivity contribution is -0.128. The molecule has 2 fully saturated rings. The van der Waals surface area contributed by atoms with Crippen molar-refractivity contribution in [3.05, 3.63) is 63.6 Å². The van der Waals surface area contributed by atoms with Gasteiger partial charge < -0.3 is 24.6 Å². The van der Waals surface area contributed by atoms with E-state index in [2.05, 4.69) is 5.32 Å². The zero-order chi connectivity index (χ0) is 27.4. The van der Waals surface area contributed by atoms with Crippen molar-refractivity contribution in [1.82, 2.24) is 20.0 Å². The fourth-order valence-corrected chi connectivity index (χ4v) is 5.15. The van der Waals surface area contributed by atoms with E-state index < -0.39 is 11.8 Å². The van der Waals surface area contributed by atoms with E-state index in [1.54, 1.807) is 52.3 Å². The Bertz CT molecular complexity index is 1200. The first-order valence-corrected chi connectivity index (χ1v) is 13.2. The quantitative estimate of drug-likeness (QED) is 0.557. The van der Waals surface area contributed by atoms with Gasteiger partial charge in [0.1, 0.15) is 17.5 Å². The lowest BCUT2D eigenvalue weighted by Gasteiger charge is -2.44. The topological polar surface area (TPSA) is 91.4 Å². The molecule has 204 valence electrons. The molecule has 1 N–H and O–H groups in total. The van der Waals surface area contributed by atoms with Crippen molar-refractivity contribution in [2.45, 2.75) is 24.6 Å². The molecule has 0 bridgehead atoms. The molecule has 1 unspecified atom stereocenters. The Balaban J connectivity index is 1.56. The number of ether oxygens (including phenoxy) is 2. The Kier molecular flexibility index (Phi) is 8.82. The number of hydrogen-bond acceptors (Lipinski definition) is 6. The number of amides is 3. The first-order chi connectivity index (χ1) is 18.1. The summed E-state index contributed by atoms with van der Waals surface area (Å²) in [5, 5.41) is 3.61. The molecule has 2 aliphatic rings. The molecule has 38 heavy (non-hydrogen) atoms. The largest absolute Gasteiger partial charge is 0.497 e. The van der Waals surface area contributed by atoms with Crippen LogP contribution in [0.15, 0.2) is 42.5 Å². The van der Waals surface area contributed by atoms with Crippen LogP contribution in [0, 0.1) is 0 Å². The summed E-state index contributed by atoms with van der Waals surface area (Å²) in [5.74, 6) is -0.230. The number of likely N-dealkylation sites (N-methyl/N-ethyl adjacent to an activating group) is 1. The van der Waals surface area contributed by atoms with Crippen LogP contribution in [0.5, 0.6) is 5.75 Å². The summed E-state index contributed by atoms with van der Waals surface area (Å²) in [4.78, 5) is 45.5. The number of rotatable bonds is 7. The Labute approximate surface area is 232 Å². The molecule has 2 heterocycles. The van der Waals surface area contributed by atoms with Crippen molar-refractivity contribution in [2.75, 3.05) is 54.0 Å². The van der Waals surface area contributed by atoms with E-state index in [1.807, 2.05) is 19.0 Å². The van der Waals surface area contributed by atoms with Gasteiger partial charge in [0.2, 0.25) is 5.91 Å². The van der Waals surface area contributed by atoms with Crippen LogP contribution < -0.4 is 10.1 Å². The number of benzene rings is 2. The van der Waals surface area contributed by atoms with Gasteiger partial charge in [0.25, 0.3) is 11.8 Å². The number of hydrogen-bond donors (Lipinski definition) is 1. The predicted octanol–water partition coefficient (Wildman–Crippen LogP) is 3.15. The first-order valence-electron chi connectivity index (χ1n) is 12.4. The van der Waals surface area contributed by atoms with Crippen molar-refractivity contribution < 1.29 is 23.9 Å². The number of carbonyl (C=O) groups excluding carboxylic acids is 3. The lowest BCUT2D eigenvalue weighted by atomic mass is 9.96. The van der Waals surface area contributed by atoms with Gasteiger partial charge >= 0.3 is 0 Å². The normalized spacial score (nSPS) is 18.6. The van der Waals surface area contributed by atoms with Crippen LogP contribution in [0.25, 0.3) is 0 Å². The minimum absolute atomic E-state index is 0.0737. The molecule has 2 saturated heterocycles. The van der Waals surface area contributed by atoms with Crippen LogP contribution in [0.2, 0.25) is 10.0 Å². The highest BCUT2D eigenvalue weighted by Crippen LogP contribution is 2.39. The summed E-state index contributed by atoms with van der Waals surface area (Å²) < 4.78 is 11.6. The summed E-state index contributed by atoms with van der Waals surface area (Å²) in [6, 6.07) is 10.8. The minimum atomic E-state index is -1.02. The maximum Gasteiger partial charge on any atom is 0.257 e. The molecule has 2 aromatic carbocycles. The maximum absolute atomic E-state index is 13.9. The van der Waals surface area contributed by atoms with E-state index >= 15 is 0 Å². The number of piperidine rings is 1. The Morgan fingerprint density at radius 1 is 1.05 bits per heavy atom. The summed E-state index contributed by atoms with van der Waals surface area (Å²) in [5.41, 5.74) is -0.183. The van der Waals surface area contributed by atoms with E-state index in [0.717, 1.165) is 0 Å². The molecule has 0 aliphatic carbocycles. The van der Waals surface area contributed by atoms with Gasteiger partial charge in [-0.15, -0.1) is 0 Å². The van der Waals surface area contributed by atoms with Crippen LogP contribution >= 0.6 is 23.2 Å². The second-order valence-corrected chi connectivity index (χ2v) is 10.5. The van der Waals surface area contributed by atoms with Crippen LogP contribution in [-0.2, 0) is 9.53 Å². The van der Waals surface area contributed by atoms with Gasteiger partial charge in [-0.25, -0.2) is 0 Å². The van der Waals surface area contributed by atoms with Crippen LogP contribution in [0.4, 0.5) is 0 Å². The van der Waals surface area contributed by atoms with Gasteiger partial charge in [0.15, 0.2) is 0 Å². The van der Waals surface area contributed by atoms with E-state index in [4.69, 9.17) is 32.7 Å². The molecule has 0 saturated carbocycles. The van der Waals surface area contributed by atoms with Crippen LogP contribution in [0.1, 0.15) is 33.6 Å². The van der Waals surface area contributed by atoms with Gasteiger partial charge in [-0.2, -0.15) is 0 Å². The van der Waals surface area contributed by atoms with Crippen LogP contribution in [-0.4, -0.2) is 98.2 Å². The fraction of sp³-hybridized carbons (Fsp3) is 0.444. The molecule has 1 spiro atoms. The summed E-state index contributed by atoms with van der Waals surface area (Å²) in [6.07, 6.45) is 0.717. The van der Waals surface area contributed by atoms with Crippen molar-refractivity contribution in [3.8, 4) is 5.75 Å². The van der Waals surface area contributed by atoms with Gasteiger partial charge in [-0.05, 0) is 50.5 Å². The molecule has 0 aromatic heterocycles. The number of halogens is 2. The molecule has 2 aromatic rings. The fourth-order valence-electron chi connectivity index (χ4n) is 4.85. The van der Waals surface area contributed by atoms with Crippen molar-refractivity contribution in [2.24, 2.45) is 0 Å².